The molecule has 2 rings (SSSR count). The van der Waals surface area contributed by atoms with Gasteiger partial charge in [0.2, 0.25) is 0 Å². The normalized spacial score (nSPS) is 11.7. The molecule has 8 heteroatoms. The van der Waals surface area contributed by atoms with Crippen molar-refractivity contribution in [1.82, 2.24) is 30.4 Å². The van der Waals surface area contributed by atoms with Crippen LogP contribution in [0.25, 0.3) is 0 Å². The van der Waals surface area contributed by atoms with Crippen LogP contribution >= 0.6 is 11.3 Å². The predicted octanol–water partition coefficient (Wildman–Crippen LogP) is 1.67. The number of aryl methyl sites for hydroxylation is 3. The molecule has 0 aliphatic carbocycles. The molecule has 0 saturated carbocycles. The molecule has 0 spiro atoms. The molecule has 0 unspecified atom stereocenters. The lowest BCUT2D eigenvalue weighted by Crippen LogP contribution is -2.38. The predicted molar refractivity (Wildman–Crippen MR) is 93.8 cm³/mol. The maximum absolute atomic E-state index is 4.57. The average molecular weight is 335 g/mol. The summed E-state index contributed by atoms with van der Waals surface area (Å²) in [5.74, 6) is 1.67. The zero-order valence-electron chi connectivity index (χ0n) is 14.3. The van der Waals surface area contributed by atoms with Gasteiger partial charge in [0, 0.05) is 30.9 Å². The zero-order valence-corrected chi connectivity index (χ0v) is 15.1. The maximum atomic E-state index is 4.57. The largest absolute Gasteiger partial charge is 0.357 e. The monoisotopic (exact) mass is 335 g/mol. The number of hydrogen-bond donors (Lipinski definition) is 2. The number of guanidine groups is 1. The fourth-order valence-corrected chi connectivity index (χ4v) is 3.02. The van der Waals surface area contributed by atoms with Crippen LogP contribution < -0.4 is 10.6 Å². The molecular formula is C15H25N7S. The van der Waals surface area contributed by atoms with Gasteiger partial charge in [0.05, 0.1) is 10.7 Å². The van der Waals surface area contributed by atoms with Crippen LogP contribution in [0.3, 0.4) is 0 Å². The Balaban J connectivity index is 1.88. The Labute approximate surface area is 141 Å². The van der Waals surface area contributed by atoms with E-state index in [1.807, 2.05) is 4.57 Å². The minimum Gasteiger partial charge on any atom is -0.357 e. The Morgan fingerprint density at radius 2 is 2.13 bits per heavy atom. The highest BCUT2D eigenvalue weighted by Gasteiger charge is 2.05. The van der Waals surface area contributed by atoms with E-state index >= 15 is 0 Å². The third-order valence-corrected chi connectivity index (χ3v) is 4.60. The van der Waals surface area contributed by atoms with Gasteiger partial charge in [-0.2, -0.15) is 0 Å². The Kier molecular flexibility index (Phi) is 6.52. The molecule has 2 aromatic rings. The van der Waals surface area contributed by atoms with Gasteiger partial charge in [-0.3, -0.25) is 0 Å². The van der Waals surface area contributed by atoms with E-state index in [4.69, 9.17) is 0 Å². The van der Waals surface area contributed by atoms with Crippen LogP contribution in [0.15, 0.2) is 11.3 Å². The van der Waals surface area contributed by atoms with Crippen LogP contribution in [0.1, 0.15) is 35.3 Å². The summed E-state index contributed by atoms with van der Waals surface area (Å²) in [4.78, 5) is 10.4. The second kappa shape index (κ2) is 8.61. The third kappa shape index (κ3) is 5.02. The summed E-state index contributed by atoms with van der Waals surface area (Å²) in [6.45, 7) is 11.3. The molecule has 0 aromatic carbocycles. The van der Waals surface area contributed by atoms with E-state index in [1.165, 1.54) is 4.88 Å². The second-order valence-corrected chi connectivity index (χ2v) is 6.44. The highest BCUT2D eigenvalue weighted by atomic mass is 32.1. The molecule has 0 amide bonds. The van der Waals surface area contributed by atoms with Crippen molar-refractivity contribution in [1.29, 1.82) is 0 Å². The number of hydrogen-bond acceptors (Lipinski definition) is 5. The molecule has 7 nitrogen and oxygen atoms in total. The van der Waals surface area contributed by atoms with E-state index in [0.29, 0.717) is 6.54 Å². The van der Waals surface area contributed by atoms with Crippen molar-refractivity contribution in [2.24, 2.45) is 4.99 Å². The summed E-state index contributed by atoms with van der Waals surface area (Å²) in [6.07, 6.45) is 2.63. The Hall–Kier alpha value is -1.96. The van der Waals surface area contributed by atoms with Gasteiger partial charge in [0.1, 0.15) is 12.9 Å². The van der Waals surface area contributed by atoms with Crippen LogP contribution in [0.5, 0.6) is 0 Å². The topological polar surface area (TPSA) is 80.0 Å². The molecular weight excluding hydrogens is 310 g/mol. The van der Waals surface area contributed by atoms with Crippen molar-refractivity contribution in [2.45, 2.75) is 47.2 Å². The first-order chi connectivity index (χ1) is 11.1. The molecule has 0 aliphatic heterocycles. The highest BCUT2D eigenvalue weighted by Crippen LogP contribution is 2.16. The molecule has 2 N–H and O–H groups in total. The maximum Gasteiger partial charge on any atom is 0.191 e. The summed E-state index contributed by atoms with van der Waals surface area (Å²) in [7, 11) is 0. The fraction of sp³-hybridized carbons (Fsp3) is 0.600. The minimum absolute atomic E-state index is 0.513. The number of aliphatic imine (C=N–C) groups is 1. The molecule has 126 valence electrons. The van der Waals surface area contributed by atoms with Crippen molar-refractivity contribution in [2.75, 3.05) is 13.1 Å². The van der Waals surface area contributed by atoms with Crippen LogP contribution in [0.4, 0.5) is 0 Å². The van der Waals surface area contributed by atoms with Crippen LogP contribution in [0.2, 0.25) is 0 Å². The number of aromatic nitrogens is 4. The quantitative estimate of drug-likeness (QED) is 0.594. The number of thiazole rings is 1. The van der Waals surface area contributed by atoms with Gasteiger partial charge < -0.3 is 15.2 Å². The van der Waals surface area contributed by atoms with E-state index in [0.717, 1.165) is 48.5 Å². The lowest BCUT2D eigenvalue weighted by Gasteiger charge is -2.10. The van der Waals surface area contributed by atoms with E-state index < -0.39 is 0 Å². The lowest BCUT2D eigenvalue weighted by molar-refractivity contribution is 0.693. The van der Waals surface area contributed by atoms with Crippen molar-refractivity contribution >= 4 is 17.3 Å². The SMILES string of the molecule is CCNC(=NCc1nncn1CC)NCCc1nc(C)c(C)s1. The van der Waals surface area contributed by atoms with Crippen LogP contribution in [-0.4, -0.2) is 38.8 Å². The first-order valence-electron chi connectivity index (χ1n) is 7.95. The number of nitrogens with zero attached hydrogens (tertiary/aromatic N) is 5. The summed E-state index contributed by atoms with van der Waals surface area (Å²) in [6, 6.07) is 0. The van der Waals surface area contributed by atoms with E-state index in [1.54, 1.807) is 17.7 Å². The van der Waals surface area contributed by atoms with Gasteiger partial charge in [0.15, 0.2) is 11.8 Å². The third-order valence-electron chi connectivity index (χ3n) is 3.46. The van der Waals surface area contributed by atoms with Gasteiger partial charge in [-0.15, -0.1) is 21.5 Å². The van der Waals surface area contributed by atoms with E-state index in [9.17, 15) is 0 Å². The average Bonchev–Trinajstić information content (AvgIpc) is 3.11. The van der Waals surface area contributed by atoms with Crippen LogP contribution in [-0.2, 0) is 19.5 Å². The van der Waals surface area contributed by atoms with E-state index in [2.05, 4.69) is 58.5 Å². The molecule has 0 atom stereocenters. The smallest absolute Gasteiger partial charge is 0.191 e. The molecule has 0 bridgehead atoms. The van der Waals surface area contributed by atoms with Crippen molar-refractivity contribution in [3.05, 3.63) is 27.7 Å². The summed E-state index contributed by atoms with van der Waals surface area (Å²) in [5.41, 5.74) is 1.13. The fourth-order valence-electron chi connectivity index (χ4n) is 2.09. The molecule has 0 fully saturated rings. The molecule has 23 heavy (non-hydrogen) atoms. The molecule has 0 saturated heterocycles. The standard InChI is InChI=1S/C15H25N7S/c1-5-16-15(18-9-13-21-19-10-22(13)6-2)17-8-7-14-20-11(3)12(4)23-14/h10H,5-9H2,1-4H3,(H2,16,17,18). The summed E-state index contributed by atoms with van der Waals surface area (Å²) in [5, 5.41) is 15.8. The van der Waals surface area contributed by atoms with Gasteiger partial charge >= 0.3 is 0 Å². The molecule has 0 radical (unpaired) electrons. The molecule has 2 heterocycles. The van der Waals surface area contributed by atoms with E-state index in [-0.39, 0.29) is 0 Å². The number of rotatable bonds is 7. The van der Waals surface area contributed by atoms with Crippen molar-refractivity contribution < 1.29 is 0 Å². The van der Waals surface area contributed by atoms with Crippen molar-refractivity contribution in [3.63, 3.8) is 0 Å². The highest BCUT2D eigenvalue weighted by molar-refractivity contribution is 7.11. The molecule has 0 aliphatic rings. The minimum atomic E-state index is 0.513. The first kappa shape index (κ1) is 17.4. The first-order valence-corrected chi connectivity index (χ1v) is 8.77. The second-order valence-electron chi connectivity index (χ2n) is 5.15. The molecule has 2 aromatic heterocycles. The Bertz CT molecular complexity index is 625. The Morgan fingerprint density at radius 3 is 2.78 bits per heavy atom. The Morgan fingerprint density at radius 1 is 1.30 bits per heavy atom. The van der Waals surface area contributed by atoms with Gasteiger partial charge in [-0.1, -0.05) is 0 Å². The number of nitrogens with one attached hydrogen (secondary N) is 2. The lowest BCUT2D eigenvalue weighted by atomic mass is 10.4. The van der Waals surface area contributed by atoms with Crippen LogP contribution in [0, 0.1) is 13.8 Å². The van der Waals surface area contributed by atoms with Crippen molar-refractivity contribution in [3.8, 4) is 0 Å². The summed E-state index contributed by atoms with van der Waals surface area (Å²) >= 11 is 1.76. The van der Waals surface area contributed by atoms with Gasteiger partial charge in [-0.05, 0) is 27.7 Å². The zero-order chi connectivity index (χ0) is 16.7. The van der Waals surface area contributed by atoms with Gasteiger partial charge in [0.25, 0.3) is 0 Å². The summed E-state index contributed by atoms with van der Waals surface area (Å²) < 4.78 is 1.99. The van der Waals surface area contributed by atoms with Gasteiger partial charge in [-0.25, -0.2) is 9.98 Å².